The molecular weight excluding hydrogens is 392 g/mol. The van der Waals surface area contributed by atoms with Crippen molar-refractivity contribution in [2.75, 3.05) is 26.4 Å². The van der Waals surface area contributed by atoms with Crippen molar-refractivity contribution in [2.45, 2.75) is 33.8 Å². The van der Waals surface area contributed by atoms with E-state index < -0.39 is 6.10 Å². The van der Waals surface area contributed by atoms with E-state index in [1.54, 1.807) is 37.5 Å². The lowest BCUT2D eigenvalue weighted by atomic mass is 9.85. The minimum absolute atomic E-state index is 0.226. The second-order valence-electron chi connectivity index (χ2n) is 8.68. The number of hydrogen-bond donors (Lipinski definition) is 2. The topological polar surface area (TPSA) is 120 Å². The van der Waals surface area contributed by atoms with Gasteiger partial charge in [-0.2, -0.15) is 0 Å². The van der Waals surface area contributed by atoms with E-state index >= 15 is 0 Å². The number of allylic oxidation sites excluding steroid dienone is 1. The fraction of sp³-hybridized carbons (Fsp3) is 0.391. The number of hydrogen-bond acceptors (Lipinski definition) is 7. The van der Waals surface area contributed by atoms with Gasteiger partial charge in [0.05, 0.1) is 12.3 Å². The molecule has 164 valence electrons. The predicted octanol–water partition coefficient (Wildman–Crippen LogP) is 3.07. The van der Waals surface area contributed by atoms with Gasteiger partial charge in [0.1, 0.15) is 11.8 Å². The number of ether oxygens (including phenoxy) is 1. The Morgan fingerprint density at radius 1 is 1.32 bits per heavy atom. The fourth-order valence-corrected chi connectivity index (χ4v) is 3.46. The lowest BCUT2D eigenvalue weighted by molar-refractivity contribution is 0.0804. The van der Waals surface area contributed by atoms with Gasteiger partial charge in [0, 0.05) is 54.3 Å². The van der Waals surface area contributed by atoms with E-state index in [0.717, 1.165) is 11.1 Å². The predicted molar refractivity (Wildman–Crippen MR) is 123 cm³/mol. The first-order valence-electron chi connectivity index (χ1n) is 10.1. The Morgan fingerprint density at radius 2 is 2.03 bits per heavy atom. The summed E-state index contributed by atoms with van der Waals surface area (Å²) in [7, 11) is 3.41. The lowest BCUT2D eigenvalue weighted by Crippen LogP contribution is -2.35. The van der Waals surface area contributed by atoms with E-state index in [0.29, 0.717) is 28.4 Å². The molecule has 3 rings (SSSR count). The van der Waals surface area contributed by atoms with Crippen LogP contribution in [0.15, 0.2) is 41.3 Å². The molecule has 0 saturated heterocycles. The second kappa shape index (κ2) is 8.37. The molecule has 0 radical (unpaired) electrons. The van der Waals surface area contributed by atoms with Crippen LogP contribution >= 0.6 is 0 Å². The number of nitrogens with zero attached hydrogens (tertiary/aromatic N) is 4. The number of carbonyl (C=O) groups excluding carboxylic acids is 1. The number of nitrogens with two attached hydrogens (primary N) is 2. The van der Waals surface area contributed by atoms with Crippen LogP contribution in [0.25, 0.3) is 5.57 Å². The van der Waals surface area contributed by atoms with Crippen LogP contribution in [0.2, 0.25) is 0 Å². The van der Waals surface area contributed by atoms with E-state index in [2.05, 4.69) is 15.0 Å². The van der Waals surface area contributed by atoms with Gasteiger partial charge in [0.25, 0.3) is 5.91 Å². The van der Waals surface area contributed by atoms with Gasteiger partial charge in [-0.1, -0.05) is 26.8 Å². The molecule has 31 heavy (non-hydrogen) atoms. The molecule has 8 heteroatoms. The first-order chi connectivity index (χ1) is 14.5. The maximum Gasteiger partial charge on any atom is 0.272 e. The van der Waals surface area contributed by atoms with Gasteiger partial charge in [0.2, 0.25) is 0 Å². The van der Waals surface area contributed by atoms with Crippen LogP contribution in [0.4, 0.5) is 5.82 Å². The summed E-state index contributed by atoms with van der Waals surface area (Å²) in [4.78, 5) is 28.0. The van der Waals surface area contributed by atoms with Crippen molar-refractivity contribution in [2.24, 2.45) is 16.1 Å². The molecule has 2 bridgehead atoms. The number of anilines is 1. The largest absolute Gasteiger partial charge is 0.482 e. The van der Waals surface area contributed by atoms with Gasteiger partial charge in [-0.3, -0.25) is 14.8 Å². The molecule has 1 aliphatic rings. The smallest absolute Gasteiger partial charge is 0.272 e. The third-order valence-corrected chi connectivity index (χ3v) is 5.32. The van der Waals surface area contributed by atoms with Gasteiger partial charge in [-0.15, -0.1) is 0 Å². The molecule has 0 spiro atoms. The van der Waals surface area contributed by atoms with Crippen molar-refractivity contribution in [3.05, 3.63) is 53.1 Å². The monoisotopic (exact) mass is 422 g/mol. The van der Waals surface area contributed by atoms with E-state index in [1.807, 2.05) is 39.8 Å². The number of aromatic nitrogens is 2. The summed E-state index contributed by atoms with van der Waals surface area (Å²) < 4.78 is 6.15. The molecule has 0 aromatic carbocycles. The highest BCUT2D eigenvalue weighted by Crippen LogP contribution is 2.35. The van der Waals surface area contributed by atoms with E-state index in [1.165, 1.54) is 0 Å². The summed E-state index contributed by atoms with van der Waals surface area (Å²) in [6.07, 6.45) is 2.79. The number of carbonyl (C=O) groups is 1. The molecule has 1 unspecified atom stereocenters. The summed E-state index contributed by atoms with van der Waals surface area (Å²) in [6, 6.07) is 5.44. The average Bonchev–Trinajstić information content (AvgIpc) is 2.73. The summed E-state index contributed by atoms with van der Waals surface area (Å²) in [6.45, 7) is 8.19. The summed E-state index contributed by atoms with van der Waals surface area (Å²) in [5.41, 5.74) is 16.1. The molecule has 1 atom stereocenters. The van der Waals surface area contributed by atoms with E-state index in [4.69, 9.17) is 16.2 Å². The van der Waals surface area contributed by atoms with Gasteiger partial charge >= 0.3 is 0 Å². The molecule has 0 fully saturated rings. The number of pyridine rings is 2. The molecule has 3 heterocycles. The molecule has 2 aromatic rings. The van der Waals surface area contributed by atoms with Crippen LogP contribution in [0.5, 0.6) is 5.75 Å². The first-order valence-corrected chi connectivity index (χ1v) is 10.1. The number of nitrogen functional groups attached to an aromatic ring is 1. The quantitative estimate of drug-likeness (QED) is 0.673. The number of amides is 1. The summed E-state index contributed by atoms with van der Waals surface area (Å²) in [5.74, 6) is 0.442. The maximum absolute atomic E-state index is 13.3. The Kier molecular flexibility index (Phi) is 6.01. The first kappa shape index (κ1) is 22.3. The second-order valence-corrected chi connectivity index (χ2v) is 8.68. The minimum atomic E-state index is -0.466. The zero-order valence-electron chi connectivity index (χ0n) is 18.9. The summed E-state index contributed by atoms with van der Waals surface area (Å²) >= 11 is 0. The normalized spacial score (nSPS) is 20.5. The van der Waals surface area contributed by atoms with Crippen molar-refractivity contribution in [1.82, 2.24) is 14.9 Å². The minimum Gasteiger partial charge on any atom is -0.482 e. The number of aliphatic imine (C=N–C) groups is 1. The highest BCUT2D eigenvalue weighted by molar-refractivity contribution is 6.26. The van der Waals surface area contributed by atoms with E-state index in [9.17, 15) is 4.79 Å². The number of rotatable bonds is 0. The highest BCUT2D eigenvalue weighted by atomic mass is 16.5. The van der Waals surface area contributed by atoms with Crippen LogP contribution in [0.3, 0.4) is 0 Å². The molecule has 1 aliphatic heterocycles. The third kappa shape index (κ3) is 4.38. The van der Waals surface area contributed by atoms with Crippen molar-refractivity contribution >= 4 is 23.0 Å². The van der Waals surface area contributed by atoms with Crippen LogP contribution in [-0.2, 0) is 0 Å². The Labute approximate surface area is 183 Å². The Bertz CT molecular complexity index is 1070. The molecule has 8 nitrogen and oxygen atoms in total. The van der Waals surface area contributed by atoms with Crippen molar-refractivity contribution in [3.63, 3.8) is 0 Å². The van der Waals surface area contributed by atoms with Gasteiger partial charge in [-0.05, 0) is 19.1 Å². The zero-order chi connectivity index (χ0) is 22.9. The average molecular weight is 423 g/mol. The van der Waals surface area contributed by atoms with Crippen LogP contribution < -0.4 is 16.2 Å². The van der Waals surface area contributed by atoms with Crippen molar-refractivity contribution in [3.8, 4) is 5.75 Å². The molecule has 2 aromatic heterocycles. The van der Waals surface area contributed by atoms with Gasteiger partial charge < -0.3 is 21.1 Å². The molecule has 4 N–H and O–H groups in total. The molecule has 1 amide bonds. The van der Waals surface area contributed by atoms with Crippen LogP contribution in [0.1, 0.15) is 55.4 Å². The molecule has 0 saturated carbocycles. The van der Waals surface area contributed by atoms with Crippen LogP contribution in [-0.4, -0.2) is 47.1 Å². The zero-order valence-corrected chi connectivity index (χ0v) is 18.9. The maximum atomic E-state index is 13.3. The molecule has 0 aliphatic carbocycles. The standard InChI is InChI=1S/C23H30N6O2/c1-13-15-8-7-9-27-19(15)22(30)29(6)12-16(26-5)18(20(24)23(2,3)4)14-10-17(31-13)21(25)28-11-14/h7-11,13H,12,24H2,1-6H3,(H2,25,28). The van der Waals surface area contributed by atoms with Crippen LogP contribution in [0, 0.1) is 5.41 Å². The van der Waals surface area contributed by atoms with Crippen molar-refractivity contribution < 1.29 is 9.53 Å². The molecular formula is C23H30N6O2. The van der Waals surface area contributed by atoms with Gasteiger partial charge in [0.15, 0.2) is 11.6 Å². The lowest BCUT2D eigenvalue weighted by Gasteiger charge is -2.28. The summed E-state index contributed by atoms with van der Waals surface area (Å²) in [5, 5.41) is 0. The SMILES string of the molecule is CN=C1CN(C)C(=O)c2ncccc2C(C)Oc2cc(cnc2N)C1=C(N)C(C)(C)C. The Morgan fingerprint density at radius 3 is 2.68 bits per heavy atom. The fourth-order valence-electron chi connectivity index (χ4n) is 3.46. The Hall–Kier alpha value is -3.42. The van der Waals surface area contributed by atoms with Crippen molar-refractivity contribution in [1.29, 1.82) is 0 Å². The third-order valence-electron chi connectivity index (χ3n) is 5.32. The number of fused-ring (bicyclic) bond motifs is 3. The van der Waals surface area contributed by atoms with E-state index in [-0.39, 0.29) is 23.7 Å². The van der Waals surface area contributed by atoms with Gasteiger partial charge in [-0.25, -0.2) is 4.98 Å². The highest BCUT2D eigenvalue weighted by Gasteiger charge is 2.28. The Balaban J connectivity index is 2.31.